The highest BCUT2D eigenvalue weighted by Gasteiger charge is 2.08. The highest BCUT2D eigenvalue weighted by Crippen LogP contribution is 2.25. The van der Waals surface area contributed by atoms with Crippen molar-refractivity contribution in [1.29, 1.82) is 0 Å². The summed E-state index contributed by atoms with van der Waals surface area (Å²) < 4.78 is 6.86. The lowest BCUT2D eigenvalue weighted by Crippen LogP contribution is -2.02. The maximum Gasteiger partial charge on any atom is 0.140 e. The Morgan fingerprint density at radius 2 is 2.25 bits per heavy atom. The molecule has 0 fully saturated rings. The molecule has 2 N–H and O–H groups in total. The molecule has 4 nitrogen and oxygen atoms in total. The van der Waals surface area contributed by atoms with Crippen LogP contribution in [0.2, 0.25) is 0 Å². The second-order valence-corrected chi connectivity index (χ2v) is 4.06. The number of nitrogens with two attached hydrogens (primary N) is 1. The molecule has 2 rings (SSSR count). The van der Waals surface area contributed by atoms with E-state index in [1.165, 1.54) is 0 Å². The molecule has 1 heterocycles. The normalized spacial score (nSPS) is 10.4. The van der Waals surface area contributed by atoms with Gasteiger partial charge < -0.3 is 10.5 Å². The van der Waals surface area contributed by atoms with E-state index in [0.29, 0.717) is 5.82 Å². The summed E-state index contributed by atoms with van der Waals surface area (Å²) in [5, 5.41) is 4.25. The molecule has 0 unspecified atom stereocenters. The molecule has 0 spiro atoms. The van der Waals surface area contributed by atoms with Crippen molar-refractivity contribution in [3.63, 3.8) is 0 Å². The van der Waals surface area contributed by atoms with Crippen LogP contribution in [0.15, 0.2) is 35.4 Å². The van der Waals surface area contributed by atoms with Gasteiger partial charge in [-0.3, -0.25) is 0 Å². The highest BCUT2D eigenvalue weighted by molar-refractivity contribution is 7.98. The third kappa shape index (κ3) is 1.86. The van der Waals surface area contributed by atoms with Crippen LogP contribution in [0.1, 0.15) is 0 Å². The number of ether oxygens (including phenoxy) is 1. The van der Waals surface area contributed by atoms with Gasteiger partial charge in [0.2, 0.25) is 0 Å². The summed E-state index contributed by atoms with van der Waals surface area (Å²) in [5.74, 6) is 1.44. The van der Waals surface area contributed by atoms with Crippen molar-refractivity contribution in [1.82, 2.24) is 9.78 Å². The van der Waals surface area contributed by atoms with Gasteiger partial charge in [-0.25, -0.2) is 4.68 Å². The SMILES string of the molecule is COc1cccc(-n2ncc(SC)c2N)c1. The average Bonchev–Trinajstić information content (AvgIpc) is 2.70. The number of nitrogen functional groups attached to an aromatic ring is 1. The zero-order valence-electron chi connectivity index (χ0n) is 9.18. The molecule has 0 saturated heterocycles. The molecule has 84 valence electrons. The zero-order valence-corrected chi connectivity index (χ0v) is 9.99. The van der Waals surface area contributed by atoms with Crippen molar-refractivity contribution in [2.75, 3.05) is 19.1 Å². The molecule has 1 aromatic heterocycles. The summed E-state index contributed by atoms with van der Waals surface area (Å²) in [6, 6.07) is 7.64. The predicted molar refractivity (Wildman–Crippen MR) is 66.3 cm³/mol. The van der Waals surface area contributed by atoms with Crippen molar-refractivity contribution in [3.8, 4) is 11.4 Å². The number of hydrogen-bond donors (Lipinski definition) is 1. The van der Waals surface area contributed by atoms with Crippen LogP contribution in [0.3, 0.4) is 0 Å². The topological polar surface area (TPSA) is 53.1 Å². The highest BCUT2D eigenvalue weighted by atomic mass is 32.2. The van der Waals surface area contributed by atoms with Crippen molar-refractivity contribution >= 4 is 17.6 Å². The maximum atomic E-state index is 5.98. The Labute approximate surface area is 98.4 Å². The summed E-state index contributed by atoms with van der Waals surface area (Å²) in [4.78, 5) is 0.975. The first kappa shape index (κ1) is 10.9. The molecule has 0 aliphatic heterocycles. The standard InChI is InChI=1S/C11H13N3OS/c1-15-9-5-3-4-8(6-9)14-11(12)10(16-2)7-13-14/h3-7H,12H2,1-2H3. The number of benzene rings is 1. The van der Waals surface area contributed by atoms with E-state index in [2.05, 4.69) is 5.10 Å². The fourth-order valence-electron chi connectivity index (χ4n) is 1.45. The van der Waals surface area contributed by atoms with Gasteiger partial charge >= 0.3 is 0 Å². The Hall–Kier alpha value is -1.62. The quantitative estimate of drug-likeness (QED) is 0.828. The third-order valence-corrected chi connectivity index (χ3v) is 3.04. The molecule has 0 atom stereocenters. The van der Waals surface area contributed by atoms with Crippen LogP contribution < -0.4 is 10.5 Å². The van der Waals surface area contributed by atoms with Gasteiger partial charge in [0, 0.05) is 6.07 Å². The minimum Gasteiger partial charge on any atom is -0.497 e. The van der Waals surface area contributed by atoms with Crippen molar-refractivity contribution in [2.24, 2.45) is 0 Å². The Morgan fingerprint density at radius 1 is 1.44 bits per heavy atom. The van der Waals surface area contributed by atoms with Gasteiger partial charge in [0.1, 0.15) is 11.6 Å². The zero-order chi connectivity index (χ0) is 11.5. The van der Waals surface area contributed by atoms with Gasteiger partial charge in [-0.05, 0) is 18.4 Å². The second kappa shape index (κ2) is 4.49. The van der Waals surface area contributed by atoms with Gasteiger partial charge in [0.15, 0.2) is 0 Å². The summed E-state index contributed by atoms with van der Waals surface area (Å²) in [7, 11) is 1.64. The molecule has 0 saturated carbocycles. The van der Waals surface area contributed by atoms with Crippen LogP contribution in [-0.2, 0) is 0 Å². The van der Waals surface area contributed by atoms with E-state index in [4.69, 9.17) is 10.5 Å². The largest absolute Gasteiger partial charge is 0.497 e. The van der Waals surface area contributed by atoms with Crippen molar-refractivity contribution < 1.29 is 4.74 Å². The average molecular weight is 235 g/mol. The van der Waals surface area contributed by atoms with Crippen molar-refractivity contribution in [2.45, 2.75) is 4.90 Å². The minimum absolute atomic E-state index is 0.653. The van der Waals surface area contributed by atoms with Crippen LogP contribution in [0.25, 0.3) is 5.69 Å². The lowest BCUT2D eigenvalue weighted by atomic mass is 10.3. The molecule has 0 bridgehead atoms. The molecule has 5 heteroatoms. The van der Waals surface area contributed by atoms with Crippen LogP contribution in [0.5, 0.6) is 5.75 Å². The molecule has 16 heavy (non-hydrogen) atoms. The Morgan fingerprint density at radius 3 is 2.88 bits per heavy atom. The molecule has 0 aliphatic rings. The minimum atomic E-state index is 0.653. The van der Waals surface area contributed by atoms with E-state index in [9.17, 15) is 0 Å². The molecule has 0 amide bonds. The Balaban J connectivity index is 2.45. The molecular weight excluding hydrogens is 222 g/mol. The summed E-state index contributed by atoms with van der Waals surface area (Å²) >= 11 is 1.58. The molecule has 0 aliphatic carbocycles. The first-order valence-corrected chi connectivity index (χ1v) is 6.00. The number of aromatic nitrogens is 2. The van der Waals surface area contributed by atoms with Gasteiger partial charge in [-0.15, -0.1) is 11.8 Å². The number of anilines is 1. The smallest absolute Gasteiger partial charge is 0.140 e. The van der Waals surface area contributed by atoms with E-state index in [1.807, 2.05) is 30.5 Å². The van der Waals surface area contributed by atoms with Crippen LogP contribution >= 0.6 is 11.8 Å². The molecular formula is C11H13N3OS. The van der Waals surface area contributed by atoms with E-state index >= 15 is 0 Å². The first-order valence-electron chi connectivity index (χ1n) is 4.78. The number of methoxy groups -OCH3 is 1. The van der Waals surface area contributed by atoms with Crippen LogP contribution in [-0.4, -0.2) is 23.1 Å². The first-order chi connectivity index (χ1) is 7.76. The lowest BCUT2D eigenvalue weighted by molar-refractivity contribution is 0.414. The Kier molecular flexibility index (Phi) is 3.05. The lowest BCUT2D eigenvalue weighted by Gasteiger charge is -2.06. The van der Waals surface area contributed by atoms with Gasteiger partial charge in [0.25, 0.3) is 0 Å². The van der Waals surface area contributed by atoms with E-state index in [-0.39, 0.29) is 0 Å². The van der Waals surface area contributed by atoms with Crippen molar-refractivity contribution in [3.05, 3.63) is 30.5 Å². The number of nitrogens with zero attached hydrogens (tertiary/aromatic N) is 2. The molecule has 1 aromatic carbocycles. The fourth-order valence-corrected chi connectivity index (χ4v) is 1.90. The van der Waals surface area contributed by atoms with E-state index in [0.717, 1.165) is 16.3 Å². The monoisotopic (exact) mass is 235 g/mol. The van der Waals surface area contributed by atoms with Gasteiger partial charge in [0.05, 0.1) is 23.9 Å². The maximum absolute atomic E-state index is 5.98. The van der Waals surface area contributed by atoms with E-state index in [1.54, 1.807) is 29.8 Å². The third-order valence-electron chi connectivity index (χ3n) is 2.29. The van der Waals surface area contributed by atoms with Crippen LogP contribution in [0.4, 0.5) is 5.82 Å². The number of rotatable bonds is 3. The van der Waals surface area contributed by atoms with Crippen LogP contribution in [0, 0.1) is 0 Å². The van der Waals surface area contributed by atoms with Gasteiger partial charge in [-0.1, -0.05) is 6.07 Å². The number of thioether (sulfide) groups is 1. The van der Waals surface area contributed by atoms with Gasteiger partial charge in [-0.2, -0.15) is 5.10 Å². The summed E-state index contributed by atoms with van der Waals surface area (Å²) in [6.07, 6.45) is 3.74. The fraction of sp³-hybridized carbons (Fsp3) is 0.182. The molecule has 0 radical (unpaired) electrons. The number of hydrogen-bond acceptors (Lipinski definition) is 4. The second-order valence-electron chi connectivity index (χ2n) is 3.21. The molecule has 2 aromatic rings. The Bertz CT molecular complexity index is 496. The predicted octanol–water partition coefficient (Wildman–Crippen LogP) is 2.18. The summed E-state index contributed by atoms with van der Waals surface area (Å²) in [6.45, 7) is 0. The summed E-state index contributed by atoms with van der Waals surface area (Å²) in [5.41, 5.74) is 6.88. The van der Waals surface area contributed by atoms with E-state index < -0.39 is 0 Å².